The highest BCUT2D eigenvalue weighted by atomic mass is 16.5. The van der Waals surface area contributed by atoms with Gasteiger partial charge in [0.15, 0.2) is 0 Å². The third-order valence-electron chi connectivity index (χ3n) is 3.68. The highest BCUT2D eigenvalue weighted by molar-refractivity contribution is 5.80. The molecule has 4 nitrogen and oxygen atoms in total. The maximum Gasteiger partial charge on any atom is 0.328 e. The molecular weight excluding hydrogens is 266 g/mol. The van der Waals surface area contributed by atoms with E-state index in [1.165, 1.54) is 0 Å². The Morgan fingerprint density at radius 2 is 2.00 bits per heavy atom. The molecule has 118 valence electrons. The first-order valence-corrected chi connectivity index (χ1v) is 7.72. The van der Waals surface area contributed by atoms with Gasteiger partial charge in [0, 0.05) is 13.0 Å². The summed E-state index contributed by atoms with van der Waals surface area (Å²) < 4.78 is 5.75. The maximum atomic E-state index is 11.9. The van der Waals surface area contributed by atoms with Crippen LogP contribution in [-0.2, 0) is 15.1 Å². The molecular formula is C17H27NO3. The third kappa shape index (κ3) is 4.83. The topological polar surface area (TPSA) is 58.6 Å². The van der Waals surface area contributed by atoms with Crippen molar-refractivity contribution in [1.29, 1.82) is 0 Å². The first kappa shape index (κ1) is 17.7. The van der Waals surface area contributed by atoms with Gasteiger partial charge in [-0.3, -0.25) is 5.32 Å². The van der Waals surface area contributed by atoms with Crippen LogP contribution in [0.15, 0.2) is 30.3 Å². The summed E-state index contributed by atoms with van der Waals surface area (Å²) in [6.07, 6.45) is 2.64. The quantitative estimate of drug-likeness (QED) is 0.695. The Morgan fingerprint density at radius 3 is 2.52 bits per heavy atom. The summed E-state index contributed by atoms with van der Waals surface area (Å²) in [7, 11) is 0. The number of rotatable bonds is 10. The lowest BCUT2D eigenvalue weighted by Crippen LogP contribution is -2.50. The van der Waals surface area contributed by atoms with E-state index in [4.69, 9.17) is 4.74 Å². The van der Waals surface area contributed by atoms with Crippen molar-refractivity contribution in [3.8, 4) is 0 Å². The molecule has 0 saturated heterocycles. The number of carboxylic acid groups (broad SMARTS) is 1. The summed E-state index contributed by atoms with van der Waals surface area (Å²) >= 11 is 0. The molecule has 0 fully saturated rings. The predicted octanol–water partition coefficient (Wildman–Crippen LogP) is 3.17. The fourth-order valence-corrected chi connectivity index (χ4v) is 2.57. The van der Waals surface area contributed by atoms with Gasteiger partial charge in [-0.2, -0.15) is 0 Å². The predicted molar refractivity (Wildman–Crippen MR) is 84.4 cm³/mol. The standard InChI is InChI=1S/C17H27NO3/c1-4-9-14(3)21-13-12-17(16(19)20,18-5-2)15-10-7-6-8-11-15/h6-8,10-11,14,18H,4-5,9,12-13H2,1-3H3,(H,19,20). The van der Waals surface area contributed by atoms with Gasteiger partial charge in [-0.25, -0.2) is 4.79 Å². The number of carbonyl (C=O) groups is 1. The molecule has 21 heavy (non-hydrogen) atoms. The molecule has 1 rings (SSSR count). The molecule has 4 heteroatoms. The van der Waals surface area contributed by atoms with Crippen molar-refractivity contribution in [2.45, 2.75) is 51.7 Å². The van der Waals surface area contributed by atoms with Crippen molar-refractivity contribution in [3.63, 3.8) is 0 Å². The lowest BCUT2D eigenvalue weighted by Gasteiger charge is -2.31. The lowest BCUT2D eigenvalue weighted by molar-refractivity contribution is -0.146. The molecule has 0 saturated carbocycles. The summed E-state index contributed by atoms with van der Waals surface area (Å²) in [5.41, 5.74) is -0.312. The van der Waals surface area contributed by atoms with E-state index in [-0.39, 0.29) is 6.10 Å². The van der Waals surface area contributed by atoms with Gasteiger partial charge in [0.25, 0.3) is 0 Å². The smallest absolute Gasteiger partial charge is 0.328 e. The van der Waals surface area contributed by atoms with Crippen LogP contribution in [0, 0.1) is 0 Å². The molecule has 0 heterocycles. The van der Waals surface area contributed by atoms with E-state index in [0.717, 1.165) is 18.4 Å². The number of nitrogens with one attached hydrogen (secondary N) is 1. The minimum Gasteiger partial charge on any atom is -0.480 e. The first-order valence-electron chi connectivity index (χ1n) is 7.72. The molecule has 0 aliphatic heterocycles. The fourth-order valence-electron chi connectivity index (χ4n) is 2.57. The van der Waals surface area contributed by atoms with Crippen molar-refractivity contribution in [2.75, 3.05) is 13.2 Å². The Labute approximate surface area is 127 Å². The highest BCUT2D eigenvalue weighted by Gasteiger charge is 2.39. The van der Waals surface area contributed by atoms with Gasteiger partial charge in [0.1, 0.15) is 5.54 Å². The average Bonchev–Trinajstić information content (AvgIpc) is 2.47. The molecule has 0 bridgehead atoms. The molecule has 2 unspecified atom stereocenters. The SMILES string of the molecule is CCCC(C)OCCC(NCC)(C(=O)O)c1ccccc1. The van der Waals surface area contributed by atoms with E-state index in [2.05, 4.69) is 12.2 Å². The zero-order valence-corrected chi connectivity index (χ0v) is 13.3. The zero-order valence-electron chi connectivity index (χ0n) is 13.3. The number of likely N-dealkylation sites (N-methyl/N-ethyl adjacent to an activating group) is 1. The molecule has 2 atom stereocenters. The fraction of sp³-hybridized carbons (Fsp3) is 0.588. The Kier molecular flexibility index (Phi) is 7.40. The Morgan fingerprint density at radius 1 is 1.33 bits per heavy atom. The monoisotopic (exact) mass is 293 g/mol. The number of ether oxygens (including phenoxy) is 1. The molecule has 1 aromatic rings. The largest absolute Gasteiger partial charge is 0.480 e. The summed E-state index contributed by atoms with van der Waals surface area (Å²) in [6, 6.07) is 9.33. The zero-order chi connectivity index (χ0) is 15.7. The number of benzene rings is 1. The van der Waals surface area contributed by atoms with Gasteiger partial charge >= 0.3 is 5.97 Å². The summed E-state index contributed by atoms with van der Waals surface area (Å²) in [6.45, 7) is 7.08. The Hall–Kier alpha value is -1.39. The minimum absolute atomic E-state index is 0.166. The van der Waals surface area contributed by atoms with Crippen LogP contribution in [0.4, 0.5) is 0 Å². The van der Waals surface area contributed by atoms with Crippen LogP contribution in [-0.4, -0.2) is 30.3 Å². The van der Waals surface area contributed by atoms with E-state index in [1.54, 1.807) is 0 Å². The van der Waals surface area contributed by atoms with E-state index in [9.17, 15) is 9.90 Å². The number of aliphatic carboxylic acids is 1. The molecule has 1 aromatic carbocycles. The normalized spacial score (nSPS) is 15.4. The summed E-state index contributed by atoms with van der Waals surface area (Å²) in [4.78, 5) is 11.9. The second kappa shape index (κ2) is 8.80. The van der Waals surface area contributed by atoms with Crippen molar-refractivity contribution >= 4 is 5.97 Å². The van der Waals surface area contributed by atoms with E-state index in [1.807, 2.05) is 44.2 Å². The minimum atomic E-state index is -1.08. The van der Waals surface area contributed by atoms with Crippen molar-refractivity contribution < 1.29 is 14.6 Å². The molecule has 0 amide bonds. The first-order chi connectivity index (χ1) is 10.1. The summed E-state index contributed by atoms with van der Waals surface area (Å²) in [5, 5.41) is 12.9. The molecule has 0 aliphatic carbocycles. The number of carboxylic acids is 1. The third-order valence-corrected chi connectivity index (χ3v) is 3.68. The molecule has 0 aromatic heterocycles. The second-order valence-corrected chi connectivity index (χ2v) is 5.33. The van der Waals surface area contributed by atoms with Crippen LogP contribution in [0.5, 0.6) is 0 Å². The van der Waals surface area contributed by atoms with Crippen LogP contribution in [0.3, 0.4) is 0 Å². The van der Waals surface area contributed by atoms with Gasteiger partial charge in [-0.15, -0.1) is 0 Å². The molecule has 2 N–H and O–H groups in total. The maximum absolute atomic E-state index is 11.9. The number of hydrogen-bond acceptors (Lipinski definition) is 3. The lowest BCUT2D eigenvalue weighted by atomic mass is 9.86. The van der Waals surface area contributed by atoms with Crippen LogP contribution < -0.4 is 5.32 Å². The summed E-state index contributed by atoms with van der Waals surface area (Å²) in [5.74, 6) is -0.859. The van der Waals surface area contributed by atoms with Crippen molar-refractivity contribution in [1.82, 2.24) is 5.32 Å². The van der Waals surface area contributed by atoms with E-state index in [0.29, 0.717) is 19.6 Å². The second-order valence-electron chi connectivity index (χ2n) is 5.33. The Balaban J connectivity index is 2.84. The molecule has 0 aliphatic rings. The highest BCUT2D eigenvalue weighted by Crippen LogP contribution is 2.26. The van der Waals surface area contributed by atoms with E-state index < -0.39 is 11.5 Å². The van der Waals surface area contributed by atoms with Gasteiger partial charge < -0.3 is 9.84 Å². The van der Waals surface area contributed by atoms with Crippen LogP contribution in [0.25, 0.3) is 0 Å². The average molecular weight is 293 g/mol. The van der Waals surface area contributed by atoms with Gasteiger partial charge in [0.05, 0.1) is 6.10 Å². The van der Waals surface area contributed by atoms with E-state index >= 15 is 0 Å². The molecule has 0 spiro atoms. The number of hydrogen-bond donors (Lipinski definition) is 2. The van der Waals surface area contributed by atoms with Gasteiger partial charge in [0.2, 0.25) is 0 Å². The Bertz CT molecular complexity index is 421. The van der Waals surface area contributed by atoms with Crippen LogP contribution in [0.2, 0.25) is 0 Å². The molecule has 0 radical (unpaired) electrons. The van der Waals surface area contributed by atoms with Crippen molar-refractivity contribution in [2.24, 2.45) is 0 Å². The van der Waals surface area contributed by atoms with Gasteiger partial charge in [-0.1, -0.05) is 50.6 Å². The van der Waals surface area contributed by atoms with Crippen molar-refractivity contribution in [3.05, 3.63) is 35.9 Å². The van der Waals surface area contributed by atoms with Crippen LogP contribution in [0.1, 0.15) is 45.6 Å². The van der Waals surface area contributed by atoms with Crippen LogP contribution >= 0.6 is 0 Å². The van der Waals surface area contributed by atoms with Gasteiger partial charge in [-0.05, 0) is 25.5 Å².